The Labute approximate surface area is 194 Å². The molecule has 1 heterocycles. The van der Waals surface area contributed by atoms with Crippen molar-refractivity contribution in [2.75, 3.05) is 0 Å². The van der Waals surface area contributed by atoms with E-state index in [-0.39, 0.29) is 6.09 Å². The number of hydrogen-bond acceptors (Lipinski definition) is 3. The van der Waals surface area contributed by atoms with E-state index in [4.69, 9.17) is 4.74 Å². The van der Waals surface area contributed by atoms with Crippen LogP contribution in [0.25, 0.3) is 0 Å². The highest BCUT2D eigenvalue weighted by Crippen LogP contribution is 2.27. The highest BCUT2D eigenvalue weighted by atomic mass is 16.6. The zero-order valence-electron chi connectivity index (χ0n) is 20.5. The number of rotatable bonds is 9. The Bertz CT molecular complexity index is 883. The van der Waals surface area contributed by atoms with Crippen molar-refractivity contribution in [1.82, 2.24) is 10.2 Å². The van der Waals surface area contributed by atoms with Crippen molar-refractivity contribution < 1.29 is 9.53 Å². The van der Waals surface area contributed by atoms with Crippen LogP contribution in [0.5, 0.6) is 0 Å². The quantitative estimate of drug-likeness (QED) is 0.482. The van der Waals surface area contributed by atoms with Crippen LogP contribution in [0.2, 0.25) is 0 Å². The van der Waals surface area contributed by atoms with E-state index in [0.717, 1.165) is 19.0 Å². The molecule has 1 aliphatic rings. The van der Waals surface area contributed by atoms with Crippen LogP contribution < -0.4 is 5.32 Å². The Hall–Kier alpha value is -2.33. The zero-order valence-corrected chi connectivity index (χ0v) is 20.5. The molecule has 174 valence electrons. The number of carbonyl (C=O) groups excluding carboxylic acids is 1. The minimum absolute atomic E-state index is 0.239. The van der Waals surface area contributed by atoms with Gasteiger partial charge in [-0.15, -0.1) is 0 Å². The van der Waals surface area contributed by atoms with E-state index in [1.165, 1.54) is 53.5 Å². The lowest BCUT2D eigenvalue weighted by Crippen LogP contribution is -2.33. The second kappa shape index (κ2) is 11.0. The molecule has 0 aromatic heterocycles. The minimum atomic E-state index is -0.473. The Morgan fingerprint density at radius 1 is 1.03 bits per heavy atom. The Morgan fingerprint density at radius 2 is 1.75 bits per heavy atom. The maximum atomic E-state index is 12.5. The summed E-state index contributed by atoms with van der Waals surface area (Å²) in [4.78, 5) is 14.3. The molecule has 1 amide bonds. The third-order valence-electron chi connectivity index (χ3n) is 6.20. The summed E-state index contributed by atoms with van der Waals surface area (Å²) in [5.74, 6) is 0.796. The van der Waals surface area contributed by atoms with E-state index < -0.39 is 5.60 Å². The van der Waals surface area contributed by atoms with Gasteiger partial charge in [0.05, 0.1) is 6.54 Å². The van der Waals surface area contributed by atoms with Gasteiger partial charge in [0.2, 0.25) is 0 Å². The summed E-state index contributed by atoms with van der Waals surface area (Å²) in [6.07, 6.45) is 4.77. The summed E-state index contributed by atoms with van der Waals surface area (Å²) in [6, 6.07) is 15.4. The molecule has 0 saturated heterocycles. The van der Waals surface area contributed by atoms with Crippen LogP contribution in [-0.4, -0.2) is 16.6 Å². The number of benzene rings is 2. The van der Waals surface area contributed by atoms with Crippen LogP contribution in [-0.2, 0) is 37.3 Å². The second-order valence-electron chi connectivity index (χ2n) is 10.1. The third-order valence-corrected chi connectivity index (χ3v) is 6.20. The number of amides is 1. The van der Waals surface area contributed by atoms with Crippen molar-refractivity contribution in [2.24, 2.45) is 5.92 Å². The molecule has 1 N–H and O–H groups in total. The third kappa shape index (κ3) is 6.83. The van der Waals surface area contributed by atoms with Crippen molar-refractivity contribution in [3.05, 3.63) is 70.3 Å². The van der Waals surface area contributed by atoms with E-state index in [1.807, 2.05) is 20.8 Å². The molecule has 0 spiro atoms. The van der Waals surface area contributed by atoms with Gasteiger partial charge in [-0.05, 0) is 60.9 Å². The Kier molecular flexibility index (Phi) is 8.36. The van der Waals surface area contributed by atoms with Crippen LogP contribution in [0.15, 0.2) is 42.5 Å². The Morgan fingerprint density at radius 3 is 2.41 bits per heavy atom. The van der Waals surface area contributed by atoms with E-state index in [1.54, 1.807) is 4.90 Å². The van der Waals surface area contributed by atoms with Gasteiger partial charge in [0, 0.05) is 19.6 Å². The summed E-state index contributed by atoms with van der Waals surface area (Å²) in [5, 5.41) is 3.59. The lowest BCUT2D eigenvalue weighted by atomic mass is 9.92. The van der Waals surface area contributed by atoms with Gasteiger partial charge in [0.15, 0.2) is 0 Å². The molecule has 0 fully saturated rings. The molecule has 1 unspecified atom stereocenters. The van der Waals surface area contributed by atoms with Gasteiger partial charge in [-0.2, -0.15) is 0 Å². The molecule has 0 saturated carbocycles. The number of nitrogens with zero attached hydrogens (tertiary/aromatic N) is 1. The molecular formula is C28H40N2O2. The first kappa shape index (κ1) is 24.3. The smallest absolute Gasteiger partial charge is 0.410 e. The fourth-order valence-corrected chi connectivity index (χ4v) is 4.44. The van der Waals surface area contributed by atoms with E-state index in [2.05, 4.69) is 61.6 Å². The number of fused-ring (bicyclic) bond motifs is 1. The molecule has 3 rings (SSSR count). The molecule has 2 aromatic carbocycles. The monoisotopic (exact) mass is 436 g/mol. The lowest BCUT2D eigenvalue weighted by Gasteiger charge is -2.24. The van der Waals surface area contributed by atoms with E-state index in [9.17, 15) is 4.79 Å². The average molecular weight is 437 g/mol. The number of nitrogens with one attached hydrogen (secondary N) is 1. The number of ether oxygens (including phenoxy) is 1. The van der Waals surface area contributed by atoms with Gasteiger partial charge in [-0.25, -0.2) is 4.79 Å². The van der Waals surface area contributed by atoms with Gasteiger partial charge in [-0.3, -0.25) is 4.90 Å². The highest BCUT2D eigenvalue weighted by molar-refractivity contribution is 5.69. The van der Waals surface area contributed by atoms with Crippen LogP contribution in [0.1, 0.15) is 81.7 Å². The molecule has 4 nitrogen and oxygen atoms in total. The summed E-state index contributed by atoms with van der Waals surface area (Å²) in [7, 11) is 0. The predicted octanol–water partition coefficient (Wildman–Crippen LogP) is 6.60. The molecule has 4 heteroatoms. The molecule has 1 aliphatic heterocycles. The first-order valence-corrected chi connectivity index (χ1v) is 12.1. The highest BCUT2D eigenvalue weighted by Gasteiger charge is 2.28. The number of hydrogen-bond donors (Lipinski definition) is 1. The van der Waals surface area contributed by atoms with Crippen LogP contribution in [0.3, 0.4) is 0 Å². The van der Waals surface area contributed by atoms with Crippen LogP contribution in [0, 0.1) is 5.92 Å². The number of carbonyl (C=O) groups is 1. The molecule has 0 bridgehead atoms. The fourth-order valence-electron chi connectivity index (χ4n) is 4.44. The van der Waals surface area contributed by atoms with Crippen molar-refractivity contribution in [3.63, 3.8) is 0 Å². The van der Waals surface area contributed by atoms with E-state index >= 15 is 0 Å². The van der Waals surface area contributed by atoms with Crippen molar-refractivity contribution >= 4 is 6.09 Å². The normalized spacial score (nSPS) is 14.3. The first-order valence-electron chi connectivity index (χ1n) is 12.1. The standard InChI is InChI=1S/C28H40N2O2/c1-6-9-21(7-2)16-22-12-14-23(15-13-22)17-29-18-24-10-8-11-25-19-30(20-26(24)25)27(31)32-28(3,4)5/h8,10-15,21,29H,6-7,9,16-20H2,1-5H3. The predicted molar refractivity (Wildman–Crippen MR) is 131 cm³/mol. The fraction of sp³-hybridized carbons (Fsp3) is 0.536. The summed E-state index contributed by atoms with van der Waals surface area (Å²) >= 11 is 0. The van der Waals surface area contributed by atoms with Gasteiger partial charge in [0.1, 0.15) is 5.60 Å². The first-order chi connectivity index (χ1) is 15.3. The van der Waals surface area contributed by atoms with Crippen molar-refractivity contribution in [1.29, 1.82) is 0 Å². The summed E-state index contributed by atoms with van der Waals surface area (Å²) < 4.78 is 5.56. The largest absolute Gasteiger partial charge is 0.444 e. The summed E-state index contributed by atoms with van der Waals surface area (Å²) in [6.45, 7) is 13.2. The van der Waals surface area contributed by atoms with Gasteiger partial charge in [0.25, 0.3) is 0 Å². The van der Waals surface area contributed by atoms with Crippen LogP contribution >= 0.6 is 0 Å². The van der Waals surface area contributed by atoms with Crippen molar-refractivity contribution in [2.45, 2.75) is 92.1 Å². The SMILES string of the molecule is CCCC(CC)Cc1ccc(CNCc2cccc3c2CN(C(=O)OC(C)(C)C)C3)cc1. The molecule has 32 heavy (non-hydrogen) atoms. The lowest BCUT2D eigenvalue weighted by molar-refractivity contribution is 0.0241. The maximum Gasteiger partial charge on any atom is 0.410 e. The van der Waals surface area contributed by atoms with Gasteiger partial charge >= 0.3 is 6.09 Å². The minimum Gasteiger partial charge on any atom is -0.444 e. The molecule has 2 aromatic rings. The Balaban J connectivity index is 1.53. The van der Waals surface area contributed by atoms with Gasteiger partial charge in [-0.1, -0.05) is 75.6 Å². The van der Waals surface area contributed by atoms with Gasteiger partial charge < -0.3 is 10.1 Å². The second-order valence-corrected chi connectivity index (χ2v) is 10.1. The molecule has 0 aliphatic carbocycles. The zero-order chi connectivity index (χ0) is 23.1. The molecule has 1 atom stereocenters. The summed E-state index contributed by atoms with van der Waals surface area (Å²) in [5.41, 5.74) is 6.01. The maximum absolute atomic E-state index is 12.5. The topological polar surface area (TPSA) is 41.6 Å². The van der Waals surface area contributed by atoms with Crippen molar-refractivity contribution in [3.8, 4) is 0 Å². The van der Waals surface area contributed by atoms with E-state index in [0.29, 0.717) is 13.1 Å². The molecule has 0 radical (unpaired) electrons. The molecular weight excluding hydrogens is 396 g/mol. The van der Waals surface area contributed by atoms with Crippen LogP contribution in [0.4, 0.5) is 4.79 Å². The average Bonchev–Trinajstić information content (AvgIpc) is 3.19.